The van der Waals surface area contributed by atoms with Gasteiger partial charge in [0.15, 0.2) is 0 Å². The number of hydrogen-bond donors (Lipinski definition) is 1. The monoisotopic (exact) mass is 474 g/mol. The van der Waals surface area contributed by atoms with Crippen molar-refractivity contribution in [1.29, 1.82) is 0 Å². The highest BCUT2D eigenvalue weighted by Crippen LogP contribution is 2.32. The van der Waals surface area contributed by atoms with Crippen molar-refractivity contribution in [2.45, 2.75) is 59.3 Å². The van der Waals surface area contributed by atoms with Gasteiger partial charge in [-0.1, -0.05) is 6.92 Å². The molecule has 182 valence electrons. The summed E-state index contributed by atoms with van der Waals surface area (Å²) in [6, 6.07) is 5.73. The van der Waals surface area contributed by atoms with Gasteiger partial charge in [-0.15, -0.1) is 0 Å². The number of rotatable bonds is 7. The quantitative estimate of drug-likeness (QED) is 0.643. The summed E-state index contributed by atoms with van der Waals surface area (Å²) >= 11 is 0. The maximum Gasteiger partial charge on any atom is 0.264 e. The van der Waals surface area contributed by atoms with Crippen LogP contribution in [0.3, 0.4) is 0 Å². The van der Waals surface area contributed by atoms with Crippen LogP contribution >= 0.6 is 0 Å². The molecule has 7 nitrogen and oxygen atoms in total. The maximum atomic E-state index is 13.6. The number of likely N-dealkylation sites (tertiary alicyclic amines) is 1. The molecule has 0 bridgehead atoms. The molecule has 0 saturated carbocycles. The van der Waals surface area contributed by atoms with Gasteiger partial charge in [-0.05, 0) is 77.1 Å². The van der Waals surface area contributed by atoms with Crippen molar-refractivity contribution in [3.05, 3.63) is 40.7 Å². The first-order chi connectivity index (χ1) is 15.5. The Hall–Kier alpha value is -2.48. The van der Waals surface area contributed by atoms with E-state index in [0.717, 1.165) is 37.2 Å². The van der Waals surface area contributed by atoms with E-state index in [4.69, 9.17) is 0 Å². The summed E-state index contributed by atoms with van der Waals surface area (Å²) in [6.07, 6.45) is 1.88. The van der Waals surface area contributed by atoms with Crippen molar-refractivity contribution in [3.63, 3.8) is 0 Å². The second kappa shape index (κ2) is 9.79. The molecule has 0 unspecified atom stereocenters. The van der Waals surface area contributed by atoms with Gasteiger partial charge >= 0.3 is 0 Å². The lowest BCUT2D eigenvalue weighted by atomic mass is 9.98. The fourth-order valence-corrected chi connectivity index (χ4v) is 6.26. The minimum atomic E-state index is -3.97. The van der Waals surface area contributed by atoms with Crippen molar-refractivity contribution < 1.29 is 13.2 Å². The first kappa shape index (κ1) is 25.1. The lowest BCUT2D eigenvalue weighted by Gasteiger charge is -2.30. The summed E-state index contributed by atoms with van der Waals surface area (Å²) in [4.78, 5) is 17.6. The molecule has 1 aliphatic rings. The number of hydrogen-bond acceptors (Lipinski definition) is 4. The summed E-state index contributed by atoms with van der Waals surface area (Å²) in [5, 5.41) is 0. The van der Waals surface area contributed by atoms with E-state index in [0.29, 0.717) is 36.1 Å². The largest absolute Gasteiger partial charge is 0.372 e. The number of carbonyl (C=O) groups excluding carboxylic acids is 1. The van der Waals surface area contributed by atoms with Gasteiger partial charge in [-0.2, -0.15) is 0 Å². The van der Waals surface area contributed by atoms with Crippen molar-refractivity contribution in [2.24, 2.45) is 13.0 Å². The fraction of sp³-hybridized carbons (Fsp3) is 0.560. The van der Waals surface area contributed by atoms with E-state index >= 15 is 0 Å². The molecule has 2 heterocycles. The molecule has 0 aliphatic carbocycles. The Morgan fingerprint density at radius 2 is 1.70 bits per heavy atom. The van der Waals surface area contributed by atoms with Crippen LogP contribution in [0.1, 0.15) is 60.9 Å². The molecular formula is C25H38N4O3S. The Morgan fingerprint density at radius 1 is 1.09 bits per heavy atom. The zero-order chi connectivity index (χ0) is 24.5. The highest BCUT2D eigenvalue weighted by Gasteiger charge is 2.34. The van der Waals surface area contributed by atoms with Crippen molar-refractivity contribution in [2.75, 3.05) is 35.8 Å². The third-order valence-electron chi connectivity index (χ3n) is 7.06. The van der Waals surface area contributed by atoms with Crippen LogP contribution in [0, 0.1) is 26.7 Å². The lowest BCUT2D eigenvalue weighted by Crippen LogP contribution is -2.38. The molecule has 8 heteroatoms. The van der Waals surface area contributed by atoms with Crippen LogP contribution in [0.2, 0.25) is 0 Å². The van der Waals surface area contributed by atoms with Crippen LogP contribution in [0.25, 0.3) is 0 Å². The minimum Gasteiger partial charge on any atom is -0.372 e. The zero-order valence-corrected chi connectivity index (χ0v) is 21.8. The Labute approximate surface area is 198 Å². The zero-order valence-electron chi connectivity index (χ0n) is 21.0. The Morgan fingerprint density at radius 3 is 2.24 bits per heavy atom. The average molecular weight is 475 g/mol. The van der Waals surface area contributed by atoms with Gasteiger partial charge in [0.2, 0.25) is 0 Å². The highest BCUT2D eigenvalue weighted by atomic mass is 32.2. The number of nitrogens with zero attached hydrogens (tertiary/aromatic N) is 3. The highest BCUT2D eigenvalue weighted by molar-refractivity contribution is 7.92. The molecule has 1 aromatic heterocycles. The second-order valence-electron chi connectivity index (χ2n) is 9.19. The fourth-order valence-electron chi connectivity index (χ4n) is 4.61. The number of nitrogens with one attached hydrogen (secondary N) is 1. The Bertz CT molecular complexity index is 1130. The first-order valence-corrected chi connectivity index (χ1v) is 13.3. The van der Waals surface area contributed by atoms with Gasteiger partial charge in [0.1, 0.15) is 4.90 Å². The SMILES string of the molecule is CCN(CC)c1ccc(NS(=O)(=O)c2c(C(=O)N3CCC(C)CC3)c(C)n(C)c2C)c(C)c1. The summed E-state index contributed by atoms with van der Waals surface area (Å²) in [5.74, 6) is 0.386. The number of carbonyl (C=O) groups is 1. The molecule has 0 radical (unpaired) electrons. The third-order valence-corrected chi connectivity index (χ3v) is 8.59. The topological polar surface area (TPSA) is 74.7 Å². The number of piperidine rings is 1. The van der Waals surface area contributed by atoms with Crippen molar-refractivity contribution >= 4 is 27.3 Å². The molecule has 1 saturated heterocycles. The third kappa shape index (κ3) is 4.90. The van der Waals surface area contributed by atoms with Gasteiger partial charge in [-0.3, -0.25) is 9.52 Å². The van der Waals surface area contributed by atoms with E-state index < -0.39 is 10.0 Å². The molecule has 1 aromatic carbocycles. The lowest BCUT2D eigenvalue weighted by molar-refractivity contribution is 0.0692. The van der Waals surface area contributed by atoms with Crippen molar-refractivity contribution in [3.8, 4) is 0 Å². The molecule has 2 aromatic rings. The van der Waals surface area contributed by atoms with Gasteiger partial charge < -0.3 is 14.4 Å². The van der Waals surface area contributed by atoms with Crippen LogP contribution in [-0.4, -0.2) is 50.0 Å². The first-order valence-electron chi connectivity index (χ1n) is 11.8. The predicted octanol–water partition coefficient (Wildman–Crippen LogP) is 4.47. The van der Waals surface area contributed by atoms with E-state index in [1.807, 2.05) is 33.0 Å². The van der Waals surface area contributed by atoms with Gasteiger partial charge in [0.25, 0.3) is 15.9 Å². The number of sulfonamides is 1. The van der Waals surface area contributed by atoms with Crippen LogP contribution in [0.5, 0.6) is 0 Å². The minimum absolute atomic E-state index is 0.0818. The van der Waals surface area contributed by atoms with Gasteiger partial charge in [0, 0.05) is 50.3 Å². The predicted molar refractivity (Wildman–Crippen MR) is 135 cm³/mol. The summed E-state index contributed by atoms with van der Waals surface area (Å²) < 4.78 is 31.8. The molecule has 3 rings (SSSR count). The number of anilines is 2. The van der Waals surface area contributed by atoms with Crippen LogP contribution in [0.4, 0.5) is 11.4 Å². The molecule has 0 spiro atoms. The number of aryl methyl sites for hydroxylation is 1. The number of benzene rings is 1. The van der Waals surface area contributed by atoms with E-state index in [1.54, 1.807) is 22.5 Å². The van der Waals surface area contributed by atoms with E-state index in [1.165, 1.54) is 0 Å². The number of amides is 1. The van der Waals surface area contributed by atoms with Crippen LogP contribution < -0.4 is 9.62 Å². The Balaban J connectivity index is 1.99. The van der Waals surface area contributed by atoms with Crippen LogP contribution in [0.15, 0.2) is 23.1 Å². The molecular weight excluding hydrogens is 436 g/mol. The molecule has 1 N–H and O–H groups in total. The normalized spacial score (nSPS) is 15.1. The van der Waals surface area contributed by atoms with Crippen molar-refractivity contribution in [1.82, 2.24) is 9.47 Å². The maximum absolute atomic E-state index is 13.6. The Kier molecular flexibility index (Phi) is 7.46. The molecule has 1 amide bonds. The van der Waals surface area contributed by atoms with E-state index in [9.17, 15) is 13.2 Å². The summed E-state index contributed by atoms with van der Waals surface area (Å²) in [5.41, 5.74) is 3.94. The van der Waals surface area contributed by atoms with E-state index in [-0.39, 0.29) is 16.4 Å². The summed E-state index contributed by atoms with van der Waals surface area (Å²) in [7, 11) is -2.16. The van der Waals surface area contributed by atoms with Crippen LogP contribution in [-0.2, 0) is 17.1 Å². The standard InChI is InChI=1S/C25H38N4O3S/c1-8-28(9-2)21-10-11-22(18(4)16-21)26-33(31,32)24-20(6)27(7)19(5)23(24)25(30)29-14-12-17(3)13-15-29/h10-11,16-17,26H,8-9,12-15H2,1-7H3. The second-order valence-corrected chi connectivity index (χ2v) is 10.8. The average Bonchev–Trinajstić information content (AvgIpc) is 3.01. The molecule has 33 heavy (non-hydrogen) atoms. The number of aromatic nitrogens is 1. The molecule has 1 aliphatic heterocycles. The summed E-state index contributed by atoms with van der Waals surface area (Å²) in [6.45, 7) is 14.9. The van der Waals surface area contributed by atoms with Gasteiger partial charge in [-0.25, -0.2) is 8.42 Å². The van der Waals surface area contributed by atoms with Gasteiger partial charge in [0.05, 0.1) is 11.3 Å². The molecule has 1 fully saturated rings. The smallest absolute Gasteiger partial charge is 0.264 e. The van der Waals surface area contributed by atoms with E-state index in [2.05, 4.69) is 30.4 Å². The molecule has 0 atom stereocenters.